The van der Waals surface area contributed by atoms with E-state index in [0.717, 1.165) is 0 Å². The third kappa shape index (κ3) is 3.22. The monoisotopic (exact) mass is 340 g/mol. The second-order valence-electron chi connectivity index (χ2n) is 5.97. The molecule has 0 fully saturated rings. The SMILES string of the molecule is CN(C)Cc1c(O)ccc2c1O/C(=C\c1cccc([N+](=O)[O-])c1)C2=O. The van der Waals surface area contributed by atoms with Crippen molar-refractivity contribution >= 4 is 17.5 Å². The molecule has 7 heteroatoms. The second-order valence-corrected chi connectivity index (χ2v) is 5.97. The van der Waals surface area contributed by atoms with E-state index in [1.54, 1.807) is 12.1 Å². The molecule has 3 rings (SSSR count). The first-order chi connectivity index (χ1) is 11.9. The molecule has 0 radical (unpaired) electrons. The van der Waals surface area contributed by atoms with Crippen LogP contribution >= 0.6 is 0 Å². The van der Waals surface area contributed by atoms with Gasteiger partial charge in [0.2, 0.25) is 5.78 Å². The molecule has 128 valence electrons. The van der Waals surface area contributed by atoms with Crippen molar-refractivity contribution in [2.45, 2.75) is 6.54 Å². The number of phenolic OH excluding ortho intramolecular Hbond substituents is 1. The zero-order valence-electron chi connectivity index (χ0n) is 13.7. The molecule has 1 heterocycles. The van der Waals surface area contributed by atoms with Crippen LogP contribution in [0.1, 0.15) is 21.5 Å². The van der Waals surface area contributed by atoms with Crippen LogP contribution in [0, 0.1) is 10.1 Å². The van der Waals surface area contributed by atoms with Crippen molar-refractivity contribution in [1.29, 1.82) is 0 Å². The molecule has 1 aliphatic heterocycles. The van der Waals surface area contributed by atoms with Crippen LogP contribution < -0.4 is 4.74 Å². The third-order valence-electron chi connectivity index (χ3n) is 3.77. The normalized spacial score (nSPS) is 14.7. The van der Waals surface area contributed by atoms with Crippen LogP contribution in [0.15, 0.2) is 42.2 Å². The number of ether oxygens (including phenoxy) is 1. The molecular formula is C18H16N2O5. The fourth-order valence-corrected chi connectivity index (χ4v) is 2.65. The zero-order chi connectivity index (χ0) is 18.1. The lowest BCUT2D eigenvalue weighted by Crippen LogP contribution is -2.11. The van der Waals surface area contributed by atoms with Crippen molar-refractivity contribution in [3.05, 3.63) is 69.0 Å². The molecule has 1 N–H and O–H groups in total. The van der Waals surface area contributed by atoms with Crippen molar-refractivity contribution in [3.63, 3.8) is 0 Å². The number of nitrogens with zero attached hydrogens (tertiary/aromatic N) is 2. The molecular weight excluding hydrogens is 324 g/mol. The van der Waals surface area contributed by atoms with Crippen LogP contribution in [0.5, 0.6) is 11.5 Å². The highest BCUT2D eigenvalue weighted by atomic mass is 16.6. The average molecular weight is 340 g/mol. The molecule has 2 aromatic carbocycles. The van der Waals surface area contributed by atoms with E-state index < -0.39 is 4.92 Å². The molecule has 7 nitrogen and oxygen atoms in total. The lowest BCUT2D eigenvalue weighted by Gasteiger charge is -2.13. The van der Waals surface area contributed by atoms with Gasteiger partial charge in [0.25, 0.3) is 5.69 Å². The fourth-order valence-electron chi connectivity index (χ4n) is 2.65. The van der Waals surface area contributed by atoms with Gasteiger partial charge < -0.3 is 14.7 Å². The van der Waals surface area contributed by atoms with Crippen LogP contribution in [-0.2, 0) is 6.54 Å². The average Bonchev–Trinajstić information content (AvgIpc) is 2.87. The maximum atomic E-state index is 12.5. The number of non-ortho nitro benzene ring substituents is 1. The van der Waals surface area contributed by atoms with E-state index >= 15 is 0 Å². The molecule has 0 unspecified atom stereocenters. The number of hydrogen-bond acceptors (Lipinski definition) is 6. The molecule has 0 bridgehead atoms. The van der Waals surface area contributed by atoms with E-state index in [-0.39, 0.29) is 23.0 Å². The summed E-state index contributed by atoms with van der Waals surface area (Å²) in [5, 5.41) is 20.9. The number of carbonyl (C=O) groups is 1. The Labute approximate surface area is 143 Å². The Morgan fingerprint density at radius 3 is 2.72 bits per heavy atom. The van der Waals surface area contributed by atoms with Crippen LogP contribution in [0.2, 0.25) is 0 Å². The molecule has 2 aromatic rings. The number of ketones is 1. The predicted molar refractivity (Wildman–Crippen MR) is 91.5 cm³/mol. The summed E-state index contributed by atoms with van der Waals surface area (Å²) >= 11 is 0. The van der Waals surface area contributed by atoms with Gasteiger partial charge in [0, 0.05) is 18.7 Å². The highest BCUT2D eigenvalue weighted by Crippen LogP contribution is 2.40. The fraction of sp³-hybridized carbons (Fsp3) is 0.167. The number of carbonyl (C=O) groups excluding carboxylic acids is 1. The molecule has 0 saturated heterocycles. The number of allylic oxidation sites excluding steroid dienone is 1. The van der Waals surface area contributed by atoms with Crippen molar-refractivity contribution in [1.82, 2.24) is 4.90 Å². The van der Waals surface area contributed by atoms with Gasteiger partial charge in [0.05, 0.1) is 16.1 Å². The number of hydrogen-bond donors (Lipinski definition) is 1. The van der Waals surface area contributed by atoms with Crippen molar-refractivity contribution in [3.8, 4) is 11.5 Å². The van der Waals surface area contributed by atoms with Crippen molar-refractivity contribution in [2.24, 2.45) is 0 Å². The molecule has 0 spiro atoms. The number of phenols is 1. The maximum absolute atomic E-state index is 12.5. The van der Waals surface area contributed by atoms with Gasteiger partial charge in [0.1, 0.15) is 11.5 Å². The lowest BCUT2D eigenvalue weighted by molar-refractivity contribution is -0.384. The van der Waals surface area contributed by atoms with Crippen LogP contribution in [0.3, 0.4) is 0 Å². The summed E-state index contributed by atoms with van der Waals surface area (Å²) in [6.45, 7) is 0.409. The lowest BCUT2D eigenvalue weighted by atomic mass is 10.0. The van der Waals surface area contributed by atoms with Gasteiger partial charge >= 0.3 is 0 Å². The summed E-state index contributed by atoms with van der Waals surface area (Å²) in [4.78, 5) is 24.8. The van der Waals surface area contributed by atoms with E-state index in [2.05, 4.69) is 0 Å². The van der Waals surface area contributed by atoms with Crippen molar-refractivity contribution in [2.75, 3.05) is 14.1 Å². The van der Waals surface area contributed by atoms with Gasteiger partial charge in [-0.25, -0.2) is 0 Å². The minimum absolute atomic E-state index is 0.0526. The third-order valence-corrected chi connectivity index (χ3v) is 3.77. The summed E-state index contributed by atoms with van der Waals surface area (Å²) in [6.07, 6.45) is 1.46. The Morgan fingerprint density at radius 2 is 2.04 bits per heavy atom. The number of rotatable bonds is 4. The Hall–Kier alpha value is -3.19. The second kappa shape index (κ2) is 6.37. The first-order valence-corrected chi connectivity index (χ1v) is 7.55. The largest absolute Gasteiger partial charge is 0.507 e. The molecule has 1 aliphatic rings. The van der Waals surface area contributed by atoms with Gasteiger partial charge in [-0.2, -0.15) is 0 Å². The molecule has 0 amide bonds. The topological polar surface area (TPSA) is 92.9 Å². The van der Waals surface area contributed by atoms with Crippen molar-refractivity contribution < 1.29 is 19.6 Å². The number of Topliss-reactive ketones (excluding diaryl/α,β-unsaturated/α-hetero) is 1. The standard InChI is InChI=1S/C18H16N2O5/c1-19(2)10-14-15(21)7-6-13-17(22)16(25-18(13)14)9-11-4-3-5-12(8-11)20(23)24/h3-9,21H,10H2,1-2H3/b16-9-. The number of aromatic hydroxyl groups is 1. The Bertz CT molecular complexity index is 902. The van der Waals surface area contributed by atoms with E-state index in [9.17, 15) is 20.0 Å². The van der Waals surface area contributed by atoms with Gasteiger partial charge in [-0.3, -0.25) is 14.9 Å². The molecule has 0 aliphatic carbocycles. The minimum atomic E-state index is -0.499. The summed E-state index contributed by atoms with van der Waals surface area (Å²) < 4.78 is 5.69. The van der Waals surface area contributed by atoms with E-state index in [1.807, 2.05) is 19.0 Å². The Balaban J connectivity index is 2.00. The zero-order valence-corrected chi connectivity index (χ0v) is 13.7. The summed E-state index contributed by atoms with van der Waals surface area (Å²) in [5.41, 5.74) is 1.32. The smallest absolute Gasteiger partial charge is 0.270 e. The van der Waals surface area contributed by atoms with Crippen LogP contribution in [0.4, 0.5) is 5.69 Å². The summed E-state index contributed by atoms with van der Waals surface area (Å²) in [7, 11) is 3.69. The summed E-state index contributed by atoms with van der Waals surface area (Å²) in [6, 6.07) is 8.92. The Kier molecular flexibility index (Phi) is 4.24. The van der Waals surface area contributed by atoms with E-state index in [4.69, 9.17) is 4.74 Å². The molecule has 0 saturated carbocycles. The number of fused-ring (bicyclic) bond motifs is 1. The molecule has 0 aromatic heterocycles. The predicted octanol–water partition coefficient (Wildman–Crippen LogP) is 2.98. The first-order valence-electron chi connectivity index (χ1n) is 7.55. The van der Waals surface area contributed by atoms with Gasteiger partial charge in [-0.05, 0) is 37.9 Å². The number of benzene rings is 2. The molecule has 25 heavy (non-hydrogen) atoms. The van der Waals surface area contributed by atoms with E-state index in [0.29, 0.717) is 29.0 Å². The van der Waals surface area contributed by atoms with Crippen LogP contribution in [-0.4, -0.2) is 34.8 Å². The van der Waals surface area contributed by atoms with Gasteiger partial charge in [-0.15, -0.1) is 0 Å². The summed E-state index contributed by atoms with van der Waals surface area (Å²) in [5.74, 6) is 0.134. The molecule has 0 atom stereocenters. The quantitative estimate of drug-likeness (QED) is 0.522. The minimum Gasteiger partial charge on any atom is -0.507 e. The number of nitro groups is 1. The maximum Gasteiger partial charge on any atom is 0.270 e. The highest BCUT2D eigenvalue weighted by Gasteiger charge is 2.31. The highest BCUT2D eigenvalue weighted by molar-refractivity contribution is 6.15. The van der Waals surface area contributed by atoms with Gasteiger partial charge in [0.15, 0.2) is 5.76 Å². The Morgan fingerprint density at radius 1 is 1.28 bits per heavy atom. The van der Waals surface area contributed by atoms with Gasteiger partial charge in [-0.1, -0.05) is 12.1 Å². The first kappa shape index (κ1) is 16.7. The number of nitro benzene ring substituents is 1. The van der Waals surface area contributed by atoms with Crippen LogP contribution in [0.25, 0.3) is 6.08 Å². The van der Waals surface area contributed by atoms with E-state index in [1.165, 1.54) is 30.3 Å².